The second-order valence-corrected chi connectivity index (χ2v) is 5.05. The standard InChI is InChI=1S/C14H23NO/c1-3-5-11(2)10-15-13-6-4-7-14-12(13)8-9-16-14/h8-9,11,13,15H,3-7,10H2,1-2H3. The quantitative estimate of drug-likeness (QED) is 0.820. The Morgan fingerprint density at radius 1 is 1.56 bits per heavy atom. The van der Waals surface area contributed by atoms with Gasteiger partial charge in [0, 0.05) is 18.0 Å². The Kier molecular flexibility index (Phi) is 4.05. The van der Waals surface area contributed by atoms with E-state index in [1.54, 1.807) is 0 Å². The monoisotopic (exact) mass is 221 g/mol. The molecule has 16 heavy (non-hydrogen) atoms. The molecule has 1 aromatic heterocycles. The first-order valence-electron chi connectivity index (χ1n) is 6.61. The largest absolute Gasteiger partial charge is 0.469 e. The highest BCUT2D eigenvalue weighted by Crippen LogP contribution is 2.30. The maximum Gasteiger partial charge on any atom is 0.108 e. The summed E-state index contributed by atoms with van der Waals surface area (Å²) >= 11 is 0. The van der Waals surface area contributed by atoms with Crippen LogP contribution < -0.4 is 5.32 Å². The first-order valence-corrected chi connectivity index (χ1v) is 6.61. The molecule has 0 spiro atoms. The van der Waals surface area contributed by atoms with E-state index in [-0.39, 0.29) is 0 Å². The van der Waals surface area contributed by atoms with Gasteiger partial charge in [0.1, 0.15) is 5.76 Å². The van der Waals surface area contributed by atoms with Crippen molar-refractivity contribution in [2.75, 3.05) is 6.54 Å². The van der Waals surface area contributed by atoms with Crippen LogP contribution in [0.5, 0.6) is 0 Å². The zero-order chi connectivity index (χ0) is 11.4. The molecule has 2 rings (SSSR count). The van der Waals surface area contributed by atoms with Gasteiger partial charge < -0.3 is 9.73 Å². The summed E-state index contributed by atoms with van der Waals surface area (Å²) in [5, 5.41) is 3.69. The number of hydrogen-bond donors (Lipinski definition) is 1. The van der Waals surface area contributed by atoms with E-state index in [0.29, 0.717) is 6.04 Å². The summed E-state index contributed by atoms with van der Waals surface area (Å²) < 4.78 is 5.50. The Labute approximate surface area is 98.4 Å². The fourth-order valence-corrected chi connectivity index (χ4v) is 2.64. The van der Waals surface area contributed by atoms with Gasteiger partial charge in [-0.25, -0.2) is 0 Å². The van der Waals surface area contributed by atoms with E-state index in [4.69, 9.17) is 4.42 Å². The lowest BCUT2D eigenvalue weighted by Crippen LogP contribution is -2.28. The summed E-state index contributed by atoms with van der Waals surface area (Å²) in [6.07, 6.45) is 8.05. The molecule has 0 aromatic carbocycles. The van der Waals surface area contributed by atoms with Crippen LogP contribution in [0, 0.1) is 5.92 Å². The van der Waals surface area contributed by atoms with Crippen LogP contribution in [0.4, 0.5) is 0 Å². The lowest BCUT2D eigenvalue weighted by atomic mass is 9.93. The number of furan rings is 1. The SMILES string of the molecule is CCCC(C)CNC1CCCc2occc21. The molecular weight excluding hydrogens is 198 g/mol. The van der Waals surface area contributed by atoms with Crippen LogP contribution in [0.3, 0.4) is 0 Å². The molecular formula is C14H23NO. The molecule has 1 aromatic rings. The number of rotatable bonds is 5. The summed E-state index contributed by atoms with van der Waals surface area (Å²) in [7, 11) is 0. The van der Waals surface area contributed by atoms with Gasteiger partial charge in [-0.05, 0) is 37.8 Å². The molecule has 1 N–H and O–H groups in total. The Bertz CT molecular complexity index is 318. The average Bonchev–Trinajstić information content (AvgIpc) is 2.75. The minimum Gasteiger partial charge on any atom is -0.469 e. The topological polar surface area (TPSA) is 25.2 Å². The number of aryl methyl sites for hydroxylation is 1. The van der Waals surface area contributed by atoms with E-state index >= 15 is 0 Å². The van der Waals surface area contributed by atoms with E-state index in [0.717, 1.165) is 18.9 Å². The molecule has 1 aliphatic carbocycles. The molecule has 0 aliphatic heterocycles. The van der Waals surface area contributed by atoms with Crippen molar-refractivity contribution in [2.24, 2.45) is 5.92 Å². The van der Waals surface area contributed by atoms with Gasteiger partial charge in [0.05, 0.1) is 6.26 Å². The zero-order valence-electron chi connectivity index (χ0n) is 10.5. The van der Waals surface area contributed by atoms with Crippen molar-refractivity contribution in [1.29, 1.82) is 0 Å². The molecule has 0 saturated carbocycles. The molecule has 2 nitrogen and oxygen atoms in total. The summed E-state index contributed by atoms with van der Waals surface area (Å²) in [6, 6.07) is 2.67. The second kappa shape index (κ2) is 5.53. The van der Waals surface area contributed by atoms with Crippen molar-refractivity contribution >= 4 is 0 Å². The highest BCUT2D eigenvalue weighted by molar-refractivity contribution is 5.23. The van der Waals surface area contributed by atoms with Crippen LogP contribution in [0.25, 0.3) is 0 Å². The van der Waals surface area contributed by atoms with Gasteiger partial charge in [0.15, 0.2) is 0 Å². The van der Waals surface area contributed by atoms with Crippen LogP contribution in [0.1, 0.15) is 56.9 Å². The van der Waals surface area contributed by atoms with Crippen molar-refractivity contribution in [3.8, 4) is 0 Å². The van der Waals surface area contributed by atoms with Crippen LogP contribution in [0.15, 0.2) is 16.7 Å². The minimum absolute atomic E-state index is 0.529. The number of hydrogen-bond acceptors (Lipinski definition) is 2. The van der Waals surface area contributed by atoms with Crippen LogP contribution in [-0.2, 0) is 6.42 Å². The summed E-state index contributed by atoms with van der Waals surface area (Å²) in [5.41, 5.74) is 1.40. The van der Waals surface area contributed by atoms with Crippen LogP contribution in [0.2, 0.25) is 0 Å². The molecule has 2 heteroatoms. The van der Waals surface area contributed by atoms with E-state index < -0.39 is 0 Å². The molecule has 0 fully saturated rings. The molecule has 1 heterocycles. The smallest absolute Gasteiger partial charge is 0.108 e. The molecule has 0 bridgehead atoms. The van der Waals surface area contributed by atoms with Gasteiger partial charge >= 0.3 is 0 Å². The van der Waals surface area contributed by atoms with Crippen LogP contribution >= 0.6 is 0 Å². The third-order valence-corrected chi connectivity index (χ3v) is 3.55. The predicted molar refractivity (Wildman–Crippen MR) is 66.5 cm³/mol. The van der Waals surface area contributed by atoms with Gasteiger partial charge in [0.2, 0.25) is 0 Å². The predicted octanol–water partition coefficient (Wildman–Crippen LogP) is 3.68. The van der Waals surface area contributed by atoms with Gasteiger partial charge in [-0.3, -0.25) is 0 Å². The molecule has 90 valence electrons. The Balaban J connectivity index is 1.88. The molecule has 1 aliphatic rings. The zero-order valence-corrected chi connectivity index (χ0v) is 10.5. The molecule has 2 unspecified atom stereocenters. The molecule has 0 amide bonds. The van der Waals surface area contributed by atoms with Crippen molar-refractivity contribution in [3.63, 3.8) is 0 Å². The minimum atomic E-state index is 0.529. The highest BCUT2D eigenvalue weighted by atomic mass is 16.3. The highest BCUT2D eigenvalue weighted by Gasteiger charge is 2.22. The van der Waals surface area contributed by atoms with Gasteiger partial charge in [0.25, 0.3) is 0 Å². The van der Waals surface area contributed by atoms with Gasteiger partial charge in [-0.2, -0.15) is 0 Å². The second-order valence-electron chi connectivity index (χ2n) is 5.05. The van der Waals surface area contributed by atoms with Crippen molar-refractivity contribution in [2.45, 2.75) is 52.0 Å². The fourth-order valence-electron chi connectivity index (χ4n) is 2.64. The lowest BCUT2D eigenvalue weighted by Gasteiger charge is -2.24. The molecule has 0 saturated heterocycles. The van der Waals surface area contributed by atoms with Gasteiger partial charge in [-0.15, -0.1) is 0 Å². The summed E-state index contributed by atoms with van der Waals surface area (Å²) in [4.78, 5) is 0. The van der Waals surface area contributed by atoms with Crippen LogP contribution in [-0.4, -0.2) is 6.54 Å². The Hall–Kier alpha value is -0.760. The van der Waals surface area contributed by atoms with Crippen molar-refractivity contribution in [3.05, 3.63) is 23.7 Å². The first kappa shape index (κ1) is 11.7. The maximum absolute atomic E-state index is 5.50. The Morgan fingerprint density at radius 2 is 2.44 bits per heavy atom. The summed E-state index contributed by atoms with van der Waals surface area (Å²) in [6.45, 7) is 5.71. The van der Waals surface area contributed by atoms with E-state index in [9.17, 15) is 0 Å². The van der Waals surface area contributed by atoms with E-state index in [1.165, 1.54) is 37.0 Å². The van der Waals surface area contributed by atoms with E-state index in [1.807, 2.05) is 6.26 Å². The first-order chi connectivity index (χ1) is 7.81. The van der Waals surface area contributed by atoms with Crippen molar-refractivity contribution in [1.82, 2.24) is 5.32 Å². The van der Waals surface area contributed by atoms with E-state index in [2.05, 4.69) is 25.2 Å². The molecule has 2 atom stereocenters. The number of nitrogens with one attached hydrogen (secondary N) is 1. The average molecular weight is 221 g/mol. The summed E-state index contributed by atoms with van der Waals surface area (Å²) in [5.74, 6) is 1.98. The van der Waals surface area contributed by atoms with Gasteiger partial charge in [-0.1, -0.05) is 20.3 Å². The third-order valence-electron chi connectivity index (χ3n) is 3.55. The maximum atomic E-state index is 5.50. The molecule has 0 radical (unpaired) electrons. The van der Waals surface area contributed by atoms with Crippen molar-refractivity contribution < 1.29 is 4.42 Å². The third kappa shape index (κ3) is 2.67. The Morgan fingerprint density at radius 3 is 3.25 bits per heavy atom. The number of fused-ring (bicyclic) bond motifs is 1. The fraction of sp³-hybridized carbons (Fsp3) is 0.714. The normalized spacial score (nSPS) is 21.8. The lowest BCUT2D eigenvalue weighted by molar-refractivity contribution is 0.379.